The normalized spacial score (nSPS) is 12.0. The summed E-state index contributed by atoms with van der Waals surface area (Å²) in [6.07, 6.45) is 2.75. The van der Waals surface area contributed by atoms with Crippen molar-refractivity contribution < 1.29 is 5.21 Å². The number of para-hydroxylation sites is 1. The zero-order valence-corrected chi connectivity index (χ0v) is 13.1. The van der Waals surface area contributed by atoms with Gasteiger partial charge in [0.05, 0.1) is 5.71 Å². The highest BCUT2D eigenvalue weighted by Crippen LogP contribution is 2.25. The molecule has 4 heteroatoms. The Kier molecular flexibility index (Phi) is 4.16. The summed E-state index contributed by atoms with van der Waals surface area (Å²) < 4.78 is 2.19. The molecule has 0 aliphatic carbocycles. The molecular weight excluding hydrogens is 296 g/mol. The Bertz CT molecular complexity index is 836. The largest absolute Gasteiger partial charge is 0.411 e. The standard InChI is InChI=1S/C18H17ClN2O/c1-13(20-22)10-15-12-21(18-9-5-3-7-16(15)18)11-14-6-2-4-8-17(14)19/h2-9,12,22H,10-11H2,1H3/b20-13+. The third kappa shape index (κ3) is 2.85. The summed E-state index contributed by atoms with van der Waals surface area (Å²) in [6.45, 7) is 2.54. The Balaban J connectivity index is 2.05. The number of oxime groups is 1. The highest BCUT2D eigenvalue weighted by molar-refractivity contribution is 6.31. The number of hydrogen-bond donors (Lipinski definition) is 1. The monoisotopic (exact) mass is 312 g/mol. The van der Waals surface area contributed by atoms with Crippen LogP contribution in [-0.2, 0) is 13.0 Å². The van der Waals surface area contributed by atoms with Crippen molar-refractivity contribution in [3.63, 3.8) is 0 Å². The molecule has 3 rings (SSSR count). The quantitative estimate of drug-likeness (QED) is 0.422. The topological polar surface area (TPSA) is 37.5 Å². The van der Waals surface area contributed by atoms with Crippen molar-refractivity contribution in [3.8, 4) is 0 Å². The number of hydrogen-bond acceptors (Lipinski definition) is 2. The third-order valence-electron chi connectivity index (χ3n) is 3.79. The zero-order valence-electron chi connectivity index (χ0n) is 12.3. The number of rotatable bonds is 4. The van der Waals surface area contributed by atoms with Crippen LogP contribution in [0.15, 0.2) is 59.9 Å². The van der Waals surface area contributed by atoms with Gasteiger partial charge in [0, 0.05) is 35.1 Å². The first-order chi connectivity index (χ1) is 10.7. The van der Waals surface area contributed by atoms with Gasteiger partial charge in [-0.1, -0.05) is 53.2 Å². The van der Waals surface area contributed by atoms with E-state index in [0.29, 0.717) is 12.1 Å². The number of aromatic nitrogens is 1. The van der Waals surface area contributed by atoms with E-state index in [2.05, 4.69) is 28.1 Å². The average molecular weight is 313 g/mol. The van der Waals surface area contributed by atoms with Crippen molar-refractivity contribution in [3.05, 3.63) is 70.9 Å². The molecule has 0 unspecified atom stereocenters. The lowest BCUT2D eigenvalue weighted by molar-refractivity contribution is 0.317. The van der Waals surface area contributed by atoms with E-state index in [1.54, 1.807) is 0 Å². The van der Waals surface area contributed by atoms with Gasteiger partial charge in [0.25, 0.3) is 0 Å². The van der Waals surface area contributed by atoms with Gasteiger partial charge in [-0.3, -0.25) is 0 Å². The Hall–Kier alpha value is -2.26. The van der Waals surface area contributed by atoms with Crippen LogP contribution in [0.5, 0.6) is 0 Å². The Morgan fingerprint density at radius 3 is 2.59 bits per heavy atom. The van der Waals surface area contributed by atoms with Crippen LogP contribution in [0.1, 0.15) is 18.1 Å². The molecule has 0 bridgehead atoms. The second kappa shape index (κ2) is 6.24. The van der Waals surface area contributed by atoms with E-state index in [0.717, 1.165) is 28.2 Å². The summed E-state index contributed by atoms with van der Waals surface area (Å²) >= 11 is 6.27. The van der Waals surface area contributed by atoms with Crippen LogP contribution < -0.4 is 0 Å². The maximum absolute atomic E-state index is 8.91. The number of halogens is 1. The van der Waals surface area contributed by atoms with Crippen LogP contribution in [0.25, 0.3) is 10.9 Å². The maximum atomic E-state index is 8.91. The van der Waals surface area contributed by atoms with Gasteiger partial charge in [0.2, 0.25) is 0 Å². The van der Waals surface area contributed by atoms with E-state index in [-0.39, 0.29) is 0 Å². The fourth-order valence-corrected chi connectivity index (χ4v) is 2.91. The fraction of sp³-hybridized carbons (Fsp3) is 0.167. The lowest BCUT2D eigenvalue weighted by Crippen LogP contribution is -1.99. The molecule has 1 aromatic heterocycles. The fourth-order valence-electron chi connectivity index (χ4n) is 2.72. The number of benzene rings is 2. The molecule has 3 aromatic rings. The minimum atomic E-state index is 0.631. The first-order valence-corrected chi connectivity index (χ1v) is 7.54. The van der Waals surface area contributed by atoms with Gasteiger partial charge < -0.3 is 9.77 Å². The minimum Gasteiger partial charge on any atom is -0.411 e. The molecule has 0 atom stereocenters. The van der Waals surface area contributed by atoms with Gasteiger partial charge >= 0.3 is 0 Å². The molecule has 1 heterocycles. The first kappa shape index (κ1) is 14.7. The summed E-state index contributed by atoms with van der Waals surface area (Å²) in [6, 6.07) is 16.1. The minimum absolute atomic E-state index is 0.631. The van der Waals surface area contributed by atoms with E-state index >= 15 is 0 Å². The van der Waals surface area contributed by atoms with Crippen LogP contribution >= 0.6 is 11.6 Å². The molecule has 0 radical (unpaired) electrons. The van der Waals surface area contributed by atoms with E-state index in [4.69, 9.17) is 16.8 Å². The van der Waals surface area contributed by atoms with Crippen molar-refractivity contribution in [1.82, 2.24) is 4.57 Å². The zero-order chi connectivity index (χ0) is 15.5. The first-order valence-electron chi connectivity index (χ1n) is 7.16. The predicted molar refractivity (Wildman–Crippen MR) is 91.1 cm³/mol. The van der Waals surface area contributed by atoms with Crippen LogP contribution in [0.4, 0.5) is 0 Å². The van der Waals surface area contributed by atoms with Gasteiger partial charge in [-0.15, -0.1) is 0 Å². The molecule has 0 aliphatic rings. The molecule has 0 aliphatic heterocycles. The molecule has 22 heavy (non-hydrogen) atoms. The molecule has 1 N–H and O–H groups in total. The van der Waals surface area contributed by atoms with E-state index in [1.807, 2.05) is 43.3 Å². The summed E-state index contributed by atoms with van der Waals surface area (Å²) in [5, 5.41) is 14.1. The molecule has 2 aromatic carbocycles. The van der Waals surface area contributed by atoms with Crippen molar-refractivity contribution in [2.45, 2.75) is 19.9 Å². The van der Waals surface area contributed by atoms with E-state index in [9.17, 15) is 0 Å². The van der Waals surface area contributed by atoms with Crippen molar-refractivity contribution in [2.75, 3.05) is 0 Å². The number of nitrogens with zero attached hydrogens (tertiary/aromatic N) is 2. The average Bonchev–Trinajstić information content (AvgIpc) is 2.88. The van der Waals surface area contributed by atoms with Crippen LogP contribution in [0.3, 0.4) is 0 Å². The highest BCUT2D eigenvalue weighted by Gasteiger charge is 2.10. The van der Waals surface area contributed by atoms with Gasteiger partial charge in [0.15, 0.2) is 0 Å². The van der Waals surface area contributed by atoms with Crippen LogP contribution in [0.2, 0.25) is 5.02 Å². The summed E-state index contributed by atoms with van der Waals surface area (Å²) in [4.78, 5) is 0. The molecule has 0 spiro atoms. The van der Waals surface area contributed by atoms with Crippen LogP contribution in [-0.4, -0.2) is 15.5 Å². The highest BCUT2D eigenvalue weighted by atomic mass is 35.5. The van der Waals surface area contributed by atoms with Gasteiger partial charge in [-0.05, 0) is 30.2 Å². The third-order valence-corrected chi connectivity index (χ3v) is 4.16. The Morgan fingerprint density at radius 1 is 1.09 bits per heavy atom. The lowest BCUT2D eigenvalue weighted by atomic mass is 10.1. The summed E-state index contributed by atoms with van der Waals surface area (Å²) in [7, 11) is 0. The van der Waals surface area contributed by atoms with Gasteiger partial charge in [0.1, 0.15) is 0 Å². The summed E-state index contributed by atoms with van der Waals surface area (Å²) in [5.74, 6) is 0. The molecular formula is C18H17ClN2O. The molecule has 3 nitrogen and oxygen atoms in total. The Morgan fingerprint density at radius 2 is 1.82 bits per heavy atom. The van der Waals surface area contributed by atoms with Gasteiger partial charge in [-0.2, -0.15) is 0 Å². The van der Waals surface area contributed by atoms with Gasteiger partial charge in [-0.25, -0.2) is 0 Å². The SMILES string of the molecule is C/C(Cc1cn(Cc2ccccc2Cl)c2ccccc12)=N\O. The summed E-state index contributed by atoms with van der Waals surface area (Å²) in [5.41, 5.74) is 4.09. The molecule has 0 saturated carbocycles. The second-order valence-electron chi connectivity index (χ2n) is 5.40. The van der Waals surface area contributed by atoms with Crippen molar-refractivity contribution in [1.29, 1.82) is 0 Å². The van der Waals surface area contributed by atoms with Crippen molar-refractivity contribution >= 4 is 28.2 Å². The maximum Gasteiger partial charge on any atom is 0.0584 e. The molecule has 0 amide bonds. The Labute approximate surface area is 134 Å². The lowest BCUT2D eigenvalue weighted by Gasteiger charge is -2.07. The predicted octanol–water partition coefficient (Wildman–Crippen LogP) is 4.74. The smallest absolute Gasteiger partial charge is 0.0584 e. The molecule has 0 fully saturated rings. The number of fused-ring (bicyclic) bond motifs is 1. The van der Waals surface area contributed by atoms with E-state index < -0.39 is 0 Å². The van der Waals surface area contributed by atoms with E-state index in [1.165, 1.54) is 5.39 Å². The second-order valence-corrected chi connectivity index (χ2v) is 5.81. The molecule has 0 saturated heterocycles. The molecule has 112 valence electrons. The van der Waals surface area contributed by atoms with Crippen LogP contribution in [0, 0.1) is 0 Å². The van der Waals surface area contributed by atoms with Crippen molar-refractivity contribution in [2.24, 2.45) is 5.16 Å².